The summed E-state index contributed by atoms with van der Waals surface area (Å²) in [6, 6.07) is 3.74. The maximum atomic E-state index is 12.8. The van der Waals surface area contributed by atoms with Crippen LogP contribution in [0.15, 0.2) is 18.2 Å². The van der Waals surface area contributed by atoms with E-state index in [1.807, 2.05) is 0 Å². The molecule has 0 heterocycles. The minimum atomic E-state index is -4.46. The van der Waals surface area contributed by atoms with Gasteiger partial charge < -0.3 is 15.8 Å². The summed E-state index contributed by atoms with van der Waals surface area (Å²) >= 11 is 4.70. The predicted molar refractivity (Wildman–Crippen MR) is 81.5 cm³/mol. The highest BCUT2D eigenvalue weighted by atomic mass is 32.1. The van der Waals surface area contributed by atoms with Gasteiger partial charge in [-0.1, -0.05) is 12.2 Å². The maximum absolute atomic E-state index is 12.8. The van der Waals surface area contributed by atoms with Gasteiger partial charge in [0.15, 0.2) is 0 Å². The number of rotatable bonds is 8. The highest BCUT2D eigenvalue weighted by Gasteiger charge is 2.33. The van der Waals surface area contributed by atoms with Gasteiger partial charge in [-0.25, -0.2) is 0 Å². The van der Waals surface area contributed by atoms with Gasteiger partial charge in [0, 0.05) is 31.5 Å². The van der Waals surface area contributed by atoms with Crippen molar-refractivity contribution in [2.24, 2.45) is 5.73 Å². The maximum Gasteiger partial charge on any atom is 0.417 e. The minimum Gasteiger partial charge on any atom is -0.389 e. The lowest BCUT2D eigenvalue weighted by Crippen LogP contribution is -2.18. The smallest absolute Gasteiger partial charge is 0.389 e. The third-order valence-corrected chi connectivity index (χ3v) is 3.16. The van der Waals surface area contributed by atoms with Crippen LogP contribution >= 0.6 is 12.2 Å². The number of hydrogen-bond acceptors (Lipinski definition) is 3. The molecule has 0 unspecified atom stereocenters. The first-order chi connectivity index (χ1) is 9.86. The van der Waals surface area contributed by atoms with Crippen molar-refractivity contribution in [2.75, 3.05) is 25.6 Å². The second-order valence-corrected chi connectivity index (χ2v) is 5.04. The summed E-state index contributed by atoms with van der Waals surface area (Å²) in [6.07, 6.45) is -1.60. The summed E-state index contributed by atoms with van der Waals surface area (Å²) in [4.78, 5) is -0.258. The van der Waals surface area contributed by atoms with Crippen LogP contribution in [0.25, 0.3) is 0 Å². The van der Waals surface area contributed by atoms with Gasteiger partial charge in [-0.3, -0.25) is 0 Å². The number of nitrogens with two attached hydrogens (primary N) is 1. The molecule has 1 aromatic rings. The average molecular weight is 320 g/mol. The summed E-state index contributed by atoms with van der Waals surface area (Å²) < 4.78 is 43.4. The first-order valence-corrected chi connectivity index (χ1v) is 7.01. The van der Waals surface area contributed by atoms with Crippen LogP contribution in [0.5, 0.6) is 0 Å². The molecular weight excluding hydrogens is 301 g/mol. The van der Waals surface area contributed by atoms with Crippen LogP contribution in [-0.2, 0) is 10.9 Å². The van der Waals surface area contributed by atoms with Gasteiger partial charge in [0.1, 0.15) is 4.99 Å². The summed E-state index contributed by atoms with van der Waals surface area (Å²) in [5.74, 6) is 0. The van der Waals surface area contributed by atoms with E-state index >= 15 is 0 Å². The van der Waals surface area contributed by atoms with E-state index in [0.717, 1.165) is 25.3 Å². The Kier molecular flexibility index (Phi) is 6.91. The first kappa shape index (κ1) is 17.7. The quantitative estimate of drug-likeness (QED) is 0.568. The Morgan fingerprint density at radius 3 is 2.57 bits per heavy atom. The van der Waals surface area contributed by atoms with Gasteiger partial charge in [0.05, 0.1) is 5.56 Å². The highest BCUT2D eigenvalue weighted by Crippen LogP contribution is 2.33. The van der Waals surface area contributed by atoms with Crippen molar-refractivity contribution >= 4 is 22.9 Å². The fourth-order valence-electron chi connectivity index (χ4n) is 1.89. The van der Waals surface area contributed by atoms with E-state index < -0.39 is 11.7 Å². The van der Waals surface area contributed by atoms with Crippen LogP contribution in [-0.4, -0.2) is 25.2 Å². The van der Waals surface area contributed by atoms with Crippen molar-refractivity contribution in [3.05, 3.63) is 29.3 Å². The highest BCUT2D eigenvalue weighted by molar-refractivity contribution is 7.80. The lowest BCUT2D eigenvalue weighted by molar-refractivity contribution is -0.137. The van der Waals surface area contributed by atoms with Crippen LogP contribution in [0, 0.1) is 0 Å². The molecule has 0 saturated heterocycles. The van der Waals surface area contributed by atoms with E-state index in [0.29, 0.717) is 18.8 Å². The molecule has 0 amide bonds. The zero-order valence-electron chi connectivity index (χ0n) is 11.8. The Morgan fingerprint density at radius 1 is 1.29 bits per heavy atom. The molecule has 0 radical (unpaired) electrons. The Balaban J connectivity index is 2.65. The van der Waals surface area contributed by atoms with E-state index in [4.69, 9.17) is 22.7 Å². The molecule has 7 heteroatoms. The van der Waals surface area contributed by atoms with Gasteiger partial charge in [-0.05, 0) is 37.5 Å². The first-order valence-electron chi connectivity index (χ1n) is 6.60. The Hall–Kier alpha value is -1.34. The molecule has 0 bridgehead atoms. The van der Waals surface area contributed by atoms with Crippen LogP contribution in [0.3, 0.4) is 0 Å². The molecular formula is C14H19F3N2OS. The van der Waals surface area contributed by atoms with Gasteiger partial charge >= 0.3 is 6.18 Å². The standard InChI is InChI=1S/C14H19F3N2OS/c1-20-8-4-2-3-7-19-10-5-6-12(14(15,16)17)11(9-10)13(18)21/h5-6,9,19H,2-4,7-8H2,1H3,(H2,18,21). The van der Waals surface area contributed by atoms with Crippen LogP contribution in [0.1, 0.15) is 30.4 Å². The normalized spacial score (nSPS) is 11.4. The zero-order valence-corrected chi connectivity index (χ0v) is 12.6. The summed E-state index contributed by atoms with van der Waals surface area (Å²) in [6.45, 7) is 1.39. The van der Waals surface area contributed by atoms with Crippen molar-refractivity contribution in [1.82, 2.24) is 0 Å². The lowest BCUT2D eigenvalue weighted by atomic mass is 10.1. The second kappa shape index (κ2) is 8.19. The topological polar surface area (TPSA) is 47.3 Å². The van der Waals surface area contributed by atoms with Crippen molar-refractivity contribution in [1.29, 1.82) is 0 Å². The summed E-state index contributed by atoms with van der Waals surface area (Å²) in [5.41, 5.74) is 5.00. The van der Waals surface area contributed by atoms with Gasteiger partial charge in [-0.15, -0.1) is 0 Å². The Morgan fingerprint density at radius 2 is 2.00 bits per heavy atom. The lowest BCUT2D eigenvalue weighted by Gasteiger charge is -2.14. The van der Waals surface area contributed by atoms with E-state index in [2.05, 4.69) is 5.32 Å². The molecule has 0 aliphatic heterocycles. The van der Waals surface area contributed by atoms with E-state index in [9.17, 15) is 13.2 Å². The molecule has 0 fully saturated rings. The monoisotopic (exact) mass is 320 g/mol. The fraction of sp³-hybridized carbons (Fsp3) is 0.500. The molecule has 1 rings (SSSR count). The molecule has 0 aliphatic carbocycles. The van der Waals surface area contributed by atoms with Crippen molar-refractivity contribution in [3.8, 4) is 0 Å². The predicted octanol–water partition coefficient (Wildman–Crippen LogP) is 3.57. The molecule has 1 aromatic carbocycles. The largest absolute Gasteiger partial charge is 0.417 e. The number of nitrogens with one attached hydrogen (secondary N) is 1. The molecule has 0 aliphatic rings. The van der Waals surface area contributed by atoms with E-state index in [1.54, 1.807) is 7.11 Å². The number of benzene rings is 1. The summed E-state index contributed by atoms with van der Waals surface area (Å²) in [7, 11) is 1.65. The number of thiocarbonyl (C=S) groups is 1. The number of alkyl halides is 3. The van der Waals surface area contributed by atoms with Crippen LogP contribution in [0.4, 0.5) is 18.9 Å². The minimum absolute atomic E-state index is 0.151. The molecule has 0 aromatic heterocycles. The van der Waals surface area contributed by atoms with Gasteiger partial charge in [-0.2, -0.15) is 13.2 Å². The number of anilines is 1. The second-order valence-electron chi connectivity index (χ2n) is 4.60. The molecule has 0 spiro atoms. The third-order valence-electron chi connectivity index (χ3n) is 2.94. The molecule has 0 atom stereocenters. The number of ether oxygens (including phenoxy) is 1. The average Bonchev–Trinajstić information content (AvgIpc) is 2.41. The fourth-order valence-corrected chi connectivity index (χ4v) is 2.06. The van der Waals surface area contributed by atoms with Crippen molar-refractivity contribution in [3.63, 3.8) is 0 Å². The van der Waals surface area contributed by atoms with Crippen molar-refractivity contribution < 1.29 is 17.9 Å². The van der Waals surface area contributed by atoms with E-state index in [-0.39, 0.29) is 10.6 Å². The molecule has 118 valence electrons. The van der Waals surface area contributed by atoms with Crippen LogP contribution in [0.2, 0.25) is 0 Å². The molecule has 3 nitrogen and oxygen atoms in total. The Labute approximate surface area is 127 Å². The van der Waals surface area contributed by atoms with Crippen molar-refractivity contribution in [2.45, 2.75) is 25.4 Å². The van der Waals surface area contributed by atoms with Gasteiger partial charge in [0.2, 0.25) is 0 Å². The number of halogens is 3. The molecule has 21 heavy (non-hydrogen) atoms. The van der Waals surface area contributed by atoms with E-state index in [1.165, 1.54) is 12.1 Å². The molecule has 0 saturated carbocycles. The number of hydrogen-bond donors (Lipinski definition) is 2. The zero-order chi connectivity index (χ0) is 15.9. The Bertz CT molecular complexity index is 478. The summed E-state index contributed by atoms with van der Waals surface area (Å²) in [5, 5.41) is 3.07. The third kappa shape index (κ3) is 5.89. The molecule has 3 N–H and O–H groups in total. The van der Waals surface area contributed by atoms with Gasteiger partial charge in [0.25, 0.3) is 0 Å². The number of methoxy groups -OCH3 is 1. The van der Waals surface area contributed by atoms with Crippen LogP contribution < -0.4 is 11.1 Å². The number of unbranched alkanes of at least 4 members (excludes halogenated alkanes) is 2. The SMILES string of the molecule is COCCCCCNc1ccc(C(F)(F)F)c(C(N)=S)c1.